The topological polar surface area (TPSA) is 0 Å². The molecule has 1 atom stereocenters. The number of allylic oxidation sites excluding steroid dienone is 1. The van der Waals surface area contributed by atoms with Gasteiger partial charge in [-0.05, 0) is 0 Å². The molecule has 0 saturated carbocycles. The van der Waals surface area contributed by atoms with Gasteiger partial charge in [-0.25, -0.2) is 0 Å². The fourth-order valence-corrected chi connectivity index (χ4v) is 6.90. The van der Waals surface area contributed by atoms with Crippen LogP contribution in [0.25, 0.3) is 6.08 Å². The molecule has 0 aromatic heterocycles. The van der Waals surface area contributed by atoms with E-state index in [1.807, 2.05) is 0 Å². The first-order valence-electron chi connectivity index (χ1n) is 7.56. The van der Waals surface area contributed by atoms with Gasteiger partial charge in [0, 0.05) is 0 Å². The Labute approximate surface area is 138 Å². The molecule has 1 heteroatoms. The summed E-state index contributed by atoms with van der Waals surface area (Å²) in [6.45, 7) is 7.07. The quantitative estimate of drug-likeness (QED) is 0.628. The van der Waals surface area contributed by atoms with Crippen LogP contribution in [0.5, 0.6) is 0 Å². The van der Waals surface area contributed by atoms with Crippen molar-refractivity contribution in [3.8, 4) is 0 Å². The second-order valence-corrected chi connectivity index (χ2v) is 10.2. The predicted octanol–water partition coefficient (Wildman–Crippen LogP) is 5.08. The van der Waals surface area contributed by atoms with Gasteiger partial charge in [0.05, 0.1) is 0 Å². The number of rotatable bonds is 2. The molecule has 0 aliphatic carbocycles. The van der Waals surface area contributed by atoms with E-state index in [-0.39, 0.29) is 20.9 Å². The van der Waals surface area contributed by atoms with Crippen molar-refractivity contribution in [1.82, 2.24) is 0 Å². The van der Waals surface area contributed by atoms with E-state index >= 15 is 0 Å². The van der Waals surface area contributed by atoms with Crippen LogP contribution in [0.3, 0.4) is 0 Å². The standard InChI is InChI=1S/C20H22Te/c1-20(2,3)19-14-16-11-7-8-12-17(16)18(21-19)13-15-9-5-4-6-10-15/h4-12,14,18H,13H2,1-3H3. The van der Waals surface area contributed by atoms with E-state index in [0.717, 1.165) is 3.97 Å². The normalized spacial score (nSPS) is 18.0. The summed E-state index contributed by atoms with van der Waals surface area (Å²) in [5, 5.41) is 0. The van der Waals surface area contributed by atoms with E-state index in [1.165, 1.54) is 17.5 Å². The van der Waals surface area contributed by atoms with Crippen LogP contribution in [0.4, 0.5) is 0 Å². The molecule has 1 aliphatic heterocycles. The molecular weight excluding hydrogens is 368 g/mol. The van der Waals surface area contributed by atoms with Gasteiger partial charge in [0.25, 0.3) is 0 Å². The molecule has 1 unspecified atom stereocenters. The maximum atomic E-state index is 2.47. The Morgan fingerprint density at radius 2 is 1.57 bits per heavy atom. The molecule has 2 aromatic carbocycles. The fourth-order valence-electron chi connectivity index (χ4n) is 2.70. The van der Waals surface area contributed by atoms with Crippen LogP contribution in [0, 0.1) is 5.41 Å². The molecule has 1 heterocycles. The van der Waals surface area contributed by atoms with Crippen LogP contribution in [-0.2, 0) is 6.42 Å². The molecule has 0 radical (unpaired) electrons. The molecule has 1 aliphatic rings. The molecule has 0 spiro atoms. The average Bonchev–Trinajstić information content (AvgIpc) is 2.47. The van der Waals surface area contributed by atoms with Crippen molar-refractivity contribution in [3.05, 3.63) is 74.9 Å². The van der Waals surface area contributed by atoms with Crippen molar-refractivity contribution in [2.75, 3.05) is 0 Å². The molecular formula is C20H22Te. The van der Waals surface area contributed by atoms with Gasteiger partial charge in [0.15, 0.2) is 0 Å². The summed E-state index contributed by atoms with van der Waals surface area (Å²) in [5.41, 5.74) is 4.79. The minimum absolute atomic E-state index is 0.167. The summed E-state index contributed by atoms with van der Waals surface area (Å²) in [6.07, 6.45) is 3.66. The molecule has 21 heavy (non-hydrogen) atoms. The van der Waals surface area contributed by atoms with Crippen LogP contribution in [0.1, 0.15) is 41.4 Å². The third-order valence-electron chi connectivity index (χ3n) is 3.90. The Hall–Kier alpha value is -1.03. The number of benzene rings is 2. The molecule has 0 bridgehead atoms. The summed E-state index contributed by atoms with van der Waals surface area (Å²) in [6, 6.07) is 19.9. The van der Waals surface area contributed by atoms with Gasteiger partial charge < -0.3 is 0 Å². The van der Waals surface area contributed by atoms with E-state index in [9.17, 15) is 0 Å². The molecule has 0 fully saturated rings. The van der Waals surface area contributed by atoms with Crippen LogP contribution < -0.4 is 0 Å². The van der Waals surface area contributed by atoms with E-state index in [0.29, 0.717) is 5.41 Å². The van der Waals surface area contributed by atoms with Crippen molar-refractivity contribution in [1.29, 1.82) is 0 Å². The monoisotopic (exact) mass is 392 g/mol. The van der Waals surface area contributed by atoms with Crippen LogP contribution in [0.15, 0.2) is 58.2 Å². The van der Waals surface area contributed by atoms with E-state index in [4.69, 9.17) is 0 Å². The van der Waals surface area contributed by atoms with Gasteiger partial charge in [-0.15, -0.1) is 0 Å². The summed E-state index contributed by atoms with van der Waals surface area (Å²) >= 11 is -0.167. The summed E-state index contributed by atoms with van der Waals surface area (Å²) < 4.78 is 2.43. The molecule has 0 amide bonds. The molecule has 3 rings (SSSR count). The first-order chi connectivity index (χ1) is 10.0. The summed E-state index contributed by atoms with van der Waals surface area (Å²) in [5.74, 6) is 0. The molecule has 108 valence electrons. The van der Waals surface area contributed by atoms with E-state index < -0.39 is 0 Å². The average molecular weight is 390 g/mol. The van der Waals surface area contributed by atoms with Gasteiger partial charge >= 0.3 is 138 Å². The zero-order valence-corrected chi connectivity index (χ0v) is 15.3. The Bertz CT molecular complexity index is 647. The second kappa shape index (κ2) is 5.99. The zero-order chi connectivity index (χ0) is 14.9. The first-order valence-corrected chi connectivity index (χ1v) is 10.1. The van der Waals surface area contributed by atoms with Crippen molar-refractivity contribution in [2.45, 2.75) is 31.2 Å². The van der Waals surface area contributed by atoms with Gasteiger partial charge in [0.2, 0.25) is 0 Å². The van der Waals surface area contributed by atoms with Gasteiger partial charge in [-0.3, -0.25) is 0 Å². The van der Waals surface area contributed by atoms with Crippen molar-refractivity contribution >= 4 is 27.0 Å². The van der Waals surface area contributed by atoms with Crippen molar-refractivity contribution in [3.63, 3.8) is 0 Å². The minimum atomic E-state index is -0.167. The Morgan fingerprint density at radius 1 is 0.905 bits per heavy atom. The fraction of sp³-hybridized carbons (Fsp3) is 0.300. The number of fused-ring (bicyclic) bond motifs is 1. The maximum absolute atomic E-state index is 2.47. The third-order valence-corrected chi connectivity index (χ3v) is 8.72. The van der Waals surface area contributed by atoms with E-state index in [2.05, 4.69) is 81.4 Å². The summed E-state index contributed by atoms with van der Waals surface area (Å²) in [4.78, 5) is 0. The Balaban J connectivity index is 1.96. The molecule has 0 nitrogen and oxygen atoms in total. The van der Waals surface area contributed by atoms with Crippen molar-refractivity contribution in [2.24, 2.45) is 5.41 Å². The molecule has 2 aromatic rings. The SMILES string of the molecule is CC(C)(C)C1=Cc2ccccc2C(Cc2ccccc2)[Te]1. The zero-order valence-electron chi connectivity index (χ0n) is 13.0. The first kappa shape index (κ1) is 14.9. The second-order valence-electron chi connectivity index (χ2n) is 6.68. The van der Waals surface area contributed by atoms with Crippen LogP contribution >= 0.6 is 0 Å². The Morgan fingerprint density at radius 3 is 2.29 bits per heavy atom. The van der Waals surface area contributed by atoms with Gasteiger partial charge in [-0.1, -0.05) is 0 Å². The third kappa shape index (κ3) is 3.42. The van der Waals surface area contributed by atoms with Crippen LogP contribution in [-0.4, -0.2) is 20.9 Å². The molecule has 0 N–H and O–H groups in total. The predicted molar refractivity (Wildman–Crippen MR) is 92.5 cm³/mol. The number of hydrogen-bond donors (Lipinski definition) is 0. The number of hydrogen-bond acceptors (Lipinski definition) is 0. The van der Waals surface area contributed by atoms with Crippen LogP contribution in [0.2, 0.25) is 0 Å². The van der Waals surface area contributed by atoms with Gasteiger partial charge in [0.1, 0.15) is 0 Å². The van der Waals surface area contributed by atoms with Crippen molar-refractivity contribution < 1.29 is 0 Å². The van der Waals surface area contributed by atoms with Gasteiger partial charge in [-0.2, -0.15) is 0 Å². The Kier molecular flexibility index (Phi) is 4.25. The summed E-state index contributed by atoms with van der Waals surface area (Å²) in [7, 11) is 0. The molecule has 0 saturated heterocycles. The van der Waals surface area contributed by atoms with E-state index in [1.54, 1.807) is 9.18 Å².